The Kier molecular flexibility index (Phi) is 5.17. The van der Waals surface area contributed by atoms with Crippen LogP contribution in [0, 0.1) is 6.92 Å². The standard InChI is InChI=1S/C19H21N3O/c1-15-17-7-8-19(22-18(17)10-12-21-15)23-14-13-20-11-9-16-5-3-2-4-6-16/h2-8,10,12,20H,9,11,13-14H2,1H3. The maximum absolute atomic E-state index is 5.71. The number of aryl methyl sites for hydroxylation is 1. The van der Waals surface area contributed by atoms with Gasteiger partial charge in [-0.3, -0.25) is 4.98 Å². The molecule has 2 heterocycles. The molecule has 0 spiro atoms. The molecule has 0 aliphatic rings. The van der Waals surface area contributed by atoms with Crippen molar-refractivity contribution in [1.82, 2.24) is 15.3 Å². The van der Waals surface area contributed by atoms with Crippen molar-refractivity contribution in [3.05, 3.63) is 66.0 Å². The number of rotatable bonds is 7. The van der Waals surface area contributed by atoms with Gasteiger partial charge in [-0.05, 0) is 37.6 Å². The molecule has 0 aliphatic carbocycles. The molecule has 118 valence electrons. The molecule has 0 fully saturated rings. The van der Waals surface area contributed by atoms with E-state index in [1.165, 1.54) is 5.56 Å². The molecule has 0 saturated heterocycles. The highest BCUT2D eigenvalue weighted by atomic mass is 16.5. The molecule has 0 saturated carbocycles. The van der Waals surface area contributed by atoms with Gasteiger partial charge in [0.2, 0.25) is 5.88 Å². The average molecular weight is 307 g/mol. The molecule has 3 aromatic rings. The van der Waals surface area contributed by atoms with E-state index in [4.69, 9.17) is 4.74 Å². The molecule has 0 aliphatic heterocycles. The zero-order chi connectivity index (χ0) is 15.9. The molecule has 2 aromatic heterocycles. The van der Waals surface area contributed by atoms with Crippen LogP contribution < -0.4 is 10.1 Å². The van der Waals surface area contributed by atoms with Crippen molar-refractivity contribution in [3.8, 4) is 5.88 Å². The second-order valence-corrected chi connectivity index (χ2v) is 5.45. The number of pyridine rings is 2. The third kappa shape index (κ3) is 4.27. The van der Waals surface area contributed by atoms with Crippen molar-refractivity contribution < 1.29 is 4.74 Å². The van der Waals surface area contributed by atoms with Crippen LogP contribution in [0.4, 0.5) is 0 Å². The van der Waals surface area contributed by atoms with E-state index in [1.807, 2.05) is 31.2 Å². The predicted molar refractivity (Wildman–Crippen MR) is 92.8 cm³/mol. The Labute approximate surface area is 136 Å². The van der Waals surface area contributed by atoms with Crippen LogP contribution in [0.3, 0.4) is 0 Å². The number of hydrogen-bond acceptors (Lipinski definition) is 4. The maximum Gasteiger partial charge on any atom is 0.213 e. The Morgan fingerprint density at radius 2 is 1.87 bits per heavy atom. The second kappa shape index (κ2) is 7.70. The van der Waals surface area contributed by atoms with Gasteiger partial charge in [0.1, 0.15) is 6.61 Å². The zero-order valence-corrected chi connectivity index (χ0v) is 13.3. The molecular formula is C19H21N3O. The predicted octanol–water partition coefficient (Wildman–Crippen LogP) is 3.15. The number of nitrogens with one attached hydrogen (secondary N) is 1. The van der Waals surface area contributed by atoms with E-state index < -0.39 is 0 Å². The largest absolute Gasteiger partial charge is 0.476 e. The van der Waals surface area contributed by atoms with E-state index in [0.29, 0.717) is 12.5 Å². The summed E-state index contributed by atoms with van der Waals surface area (Å²) in [6, 6.07) is 16.3. The first kappa shape index (κ1) is 15.4. The Bertz CT molecular complexity index is 759. The number of hydrogen-bond donors (Lipinski definition) is 1. The lowest BCUT2D eigenvalue weighted by atomic mass is 10.1. The van der Waals surface area contributed by atoms with Crippen LogP contribution in [-0.4, -0.2) is 29.7 Å². The van der Waals surface area contributed by atoms with E-state index in [9.17, 15) is 0 Å². The minimum absolute atomic E-state index is 0.608. The van der Waals surface area contributed by atoms with Gasteiger partial charge in [0, 0.05) is 29.9 Å². The van der Waals surface area contributed by atoms with E-state index in [2.05, 4.69) is 39.6 Å². The highest BCUT2D eigenvalue weighted by Gasteiger charge is 2.02. The molecular weight excluding hydrogens is 286 g/mol. The van der Waals surface area contributed by atoms with Gasteiger partial charge in [0.05, 0.1) is 5.52 Å². The summed E-state index contributed by atoms with van der Waals surface area (Å²) in [4.78, 5) is 8.78. The summed E-state index contributed by atoms with van der Waals surface area (Å²) < 4.78 is 5.71. The minimum atomic E-state index is 0.608. The van der Waals surface area contributed by atoms with Crippen LogP contribution in [0.2, 0.25) is 0 Å². The monoisotopic (exact) mass is 307 g/mol. The summed E-state index contributed by atoms with van der Waals surface area (Å²) in [6.45, 7) is 4.35. The van der Waals surface area contributed by atoms with Crippen molar-refractivity contribution in [3.63, 3.8) is 0 Å². The fourth-order valence-electron chi connectivity index (χ4n) is 2.49. The number of benzene rings is 1. The molecule has 0 amide bonds. The molecule has 0 unspecified atom stereocenters. The van der Waals surface area contributed by atoms with Crippen molar-refractivity contribution >= 4 is 10.9 Å². The lowest BCUT2D eigenvalue weighted by Crippen LogP contribution is -2.23. The van der Waals surface area contributed by atoms with Gasteiger partial charge >= 0.3 is 0 Å². The molecule has 0 bridgehead atoms. The van der Waals surface area contributed by atoms with Gasteiger partial charge in [-0.2, -0.15) is 0 Å². The molecule has 4 heteroatoms. The fourth-order valence-corrected chi connectivity index (χ4v) is 2.49. The summed E-state index contributed by atoms with van der Waals surface area (Å²) >= 11 is 0. The lowest BCUT2D eigenvalue weighted by Gasteiger charge is -2.08. The minimum Gasteiger partial charge on any atom is -0.476 e. The van der Waals surface area contributed by atoms with E-state index >= 15 is 0 Å². The van der Waals surface area contributed by atoms with Crippen LogP contribution in [0.15, 0.2) is 54.7 Å². The summed E-state index contributed by atoms with van der Waals surface area (Å²) in [5, 5.41) is 4.46. The highest BCUT2D eigenvalue weighted by molar-refractivity contribution is 5.80. The Balaban J connectivity index is 1.42. The van der Waals surface area contributed by atoms with Gasteiger partial charge in [-0.1, -0.05) is 30.3 Å². The van der Waals surface area contributed by atoms with Crippen LogP contribution in [-0.2, 0) is 6.42 Å². The topological polar surface area (TPSA) is 47.0 Å². The Morgan fingerprint density at radius 3 is 2.74 bits per heavy atom. The smallest absolute Gasteiger partial charge is 0.213 e. The molecule has 4 nitrogen and oxygen atoms in total. The Morgan fingerprint density at radius 1 is 1.00 bits per heavy atom. The summed E-state index contributed by atoms with van der Waals surface area (Å²) in [6.07, 6.45) is 2.81. The first-order valence-electron chi connectivity index (χ1n) is 7.93. The Hall–Kier alpha value is -2.46. The number of ether oxygens (including phenoxy) is 1. The van der Waals surface area contributed by atoms with E-state index in [1.54, 1.807) is 6.20 Å². The van der Waals surface area contributed by atoms with Crippen molar-refractivity contribution in [2.75, 3.05) is 19.7 Å². The van der Waals surface area contributed by atoms with Crippen molar-refractivity contribution in [2.24, 2.45) is 0 Å². The molecule has 3 rings (SSSR count). The van der Waals surface area contributed by atoms with Gasteiger partial charge < -0.3 is 10.1 Å². The second-order valence-electron chi connectivity index (χ2n) is 5.45. The van der Waals surface area contributed by atoms with E-state index in [-0.39, 0.29) is 0 Å². The van der Waals surface area contributed by atoms with Crippen LogP contribution >= 0.6 is 0 Å². The van der Waals surface area contributed by atoms with Gasteiger partial charge in [-0.15, -0.1) is 0 Å². The average Bonchev–Trinajstić information content (AvgIpc) is 2.59. The molecule has 1 aromatic carbocycles. The van der Waals surface area contributed by atoms with Crippen molar-refractivity contribution in [2.45, 2.75) is 13.3 Å². The molecule has 23 heavy (non-hydrogen) atoms. The van der Waals surface area contributed by atoms with Gasteiger partial charge in [0.15, 0.2) is 0 Å². The maximum atomic E-state index is 5.71. The van der Waals surface area contributed by atoms with Crippen LogP contribution in [0.1, 0.15) is 11.3 Å². The molecule has 1 N–H and O–H groups in total. The quantitative estimate of drug-likeness (QED) is 0.681. The van der Waals surface area contributed by atoms with Gasteiger partial charge in [-0.25, -0.2) is 4.98 Å². The number of fused-ring (bicyclic) bond motifs is 1. The number of nitrogens with zero attached hydrogens (tertiary/aromatic N) is 2. The third-order valence-electron chi connectivity index (χ3n) is 3.75. The van der Waals surface area contributed by atoms with Crippen LogP contribution in [0.25, 0.3) is 10.9 Å². The van der Waals surface area contributed by atoms with Crippen molar-refractivity contribution in [1.29, 1.82) is 0 Å². The normalized spacial score (nSPS) is 10.8. The van der Waals surface area contributed by atoms with Crippen LogP contribution in [0.5, 0.6) is 5.88 Å². The molecule has 0 radical (unpaired) electrons. The summed E-state index contributed by atoms with van der Waals surface area (Å²) in [7, 11) is 0. The molecule has 0 atom stereocenters. The number of aromatic nitrogens is 2. The zero-order valence-electron chi connectivity index (χ0n) is 13.3. The lowest BCUT2D eigenvalue weighted by molar-refractivity contribution is 0.304. The SMILES string of the molecule is Cc1nccc2nc(OCCNCCc3ccccc3)ccc12. The highest BCUT2D eigenvalue weighted by Crippen LogP contribution is 2.17. The third-order valence-corrected chi connectivity index (χ3v) is 3.75. The summed E-state index contributed by atoms with van der Waals surface area (Å²) in [5.41, 5.74) is 3.26. The first-order chi connectivity index (χ1) is 11.3. The first-order valence-corrected chi connectivity index (χ1v) is 7.93. The summed E-state index contributed by atoms with van der Waals surface area (Å²) in [5.74, 6) is 0.660. The van der Waals surface area contributed by atoms with Gasteiger partial charge in [0.25, 0.3) is 0 Å². The van der Waals surface area contributed by atoms with E-state index in [0.717, 1.165) is 36.1 Å². The fraction of sp³-hybridized carbons (Fsp3) is 0.263.